The van der Waals surface area contributed by atoms with E-state index in [-0.39, 0.29) is 23.5 Å². The van der Waals surface area contributed by atoms with Gasteiger partial charge in [0.1, 0.15) is 17.5 Å². The van der Waals surface area contributed by atoms with E-state index in [9.17, 15) is 10.1 Å². The van der Waals surface area contributed by atoms with Crippen molar-refractivity contribution in [2.24, 2.45) is 5.92 Å². The highest BCUT2D eigenvalue weighted by atomic mass is 35.5. The van der Waals surface area contributed by atoms with Crippen molar-refractivity contribution < 1.29 is 0 Å². The number of rotatable bonds is 5. The van der Waals surface area contributed by atoms with Gasteiger partial charge in [0.2, 0.25) is 5.95 Å². The Labute approximate surface area is 195 Å². The standard InChI is InChI=1S/C22H24ClN9O/c1-12-14(11-24)19(30-22(25)27-12)29-18(13-5-6-13)20-28-16-4-2-3-15(23)17(16)21(33)32(20)31-9-7-26-8-10-31/h2-4,13,18,26H,5-10H2,1H3,(H3,25,27,29,30). The van der Waals surface area contributed by atoms with Crippen molar-refractivity contribution in [1.29, 1.82) is 5.26 Å². The second-order valence-corrected chi connectivity index (χ2v) is 8.79. The predicted octanol–water partition coefficient (Wildman–Crippen LogP) is 1.71. The first kappa shape index (κ1) is 21.4. The molecule has 1 saturated heterocycles. The highest BCUT2D eigenvalue weighted by Gasteiger charge is 2.38. The quantitative estimate of drug-likeness (QED) is 0.513. The number of nitrogens with two attached hydrogens (primary N) is 1. The van der Waals surface area contributed by atoms with E-state index < -0.39 is 0 Å². The van der Waals surface area contributed by atoms with Crippen LogP contribution in [0.25, 0.3) is 10.9 Å². The Morgan fingerprint density at radius 1 is 1.27 bits per heavy atom. The van der Waals surface area contributed by atoms with E-state index in [0.717, 1.165) is 25.9 Å². The van der Waals surface area contributed by atoms with Crippen molar-refractivity contribution in [3.05, 3.63) is 50.7 Å². The lowest BCUT2D eigenvalue weighted by Gasteiger charge is -2.34. The molecule has 1 aromatic carbocycles. The van der Waals surface area contributed by atoms with Crippen LogP contribution in [0.5, 0.6) is 0 Å². The maximum Gasteiger partial charge on any atom is 0.281 e. The summed E-state index contributed by atoms with van der Waals surface area (Å²) < 4.78 is 1.66. The van der Waals surface area contributed by atoms with Crippen molar-refractivity contribution in [2.75, 3.05) is 42.2 Å². The number of hydrogen-bond donors (Lipinski definition) is 3. The van der Waals surface area contributed by atoms with Crippen molar-refractivity contribution in [1.82, 2.24) is 24.9 Å². The van der Waals surface area contributed by atoms with E-state index in [1.807, 2.05) is 5.01 Å². The van der Waals surface area contributed by atoms with Gasteiger partial charge in [0, 0.05) is 26.2 Å². The normalized spacial score (nSPS) is 17.1. The summed E-state index contributed by atoms with van der Waals surface area (Å²) in [6, 6.07) is 7.12. The first-order valence-electron chi connectivity index (χ1n) is 11.0. The van der Waals surface area contributed by atoms with Gasteiger partial charge in [-0.25, -0.2) is 14.6 Å². The Kier molecular flexibility index (Phi) is 5.52. The lowest BCUT2D eigenvalue weighted by molar-refractivity contribution is 0.450. The number of piperazine rings is 1. The van der Waals surface area contributed by atoms with Crippen LogP contribution in [0.1, 0.15) is 36.0 Å². The molecule has 1 aliphatic heterocycles. The fourth-order valence-electron chi connectivity index (χ4n) is 4.33. The number of nitrogens with one attached hydrogen (secondary N) is 2. The van der Waals surface area contributed by atoms with E-state index in [1.165, 1.54) is 0 Å². The van der Waals surface area contributed by atoms with E-state index in [4.69, 9.17) is 22.3 Å². The largest absolute Gasteiger partial charge is 0.368 e. The summed E-state index contributed by atoms with van der Waals surface area (Å²) in [7, 11) is 0. The van der Waals surface area contributed by atoms with Gasteiger partial charge in [0.25, 0.3) is 5.56 Å². The Morgan fingerprint density at radius 2 is 2.03 bits per heavy atom. The number of hydrogen-bond acceptors (Lipinski definition) is 9. The molecule has 1 atom stereocenters. The zero-order valence-corrected chi connectivity index (χ0v) is 18.9. The smallest absolute Gasteiger partial charge is 0.281 e. The molecule has 0 radical (unpaired) electrons. The summed E-state index contributed by atoms with van der Waals surface area (Å²) in [6.45, 7) is 4.55. The average Bonchev–Trinajstić information content (AvgIpc) is 3.63. The van der Waals surface area contributed by atoms with Crippen LogP contribution in [0, 0.1) is 24.2 Å². The summed E-state index contributed by atoms with van der Waals surface area (Å²) in [5, 5.41) is 19.2. The van der Waals surface area contributed by atoms with Gasteiger partial charge in [-0.15, -0.1) is 0 Å². The average molecular weight is 466 g/mol. The van der Waals surface area contributed by atoms with Gasteiger partial charge in [-0.1, -0.05) is 17.7 Å². The molecule has 1 aliphatic carbocycles. The van der Waals surface area contributed by atoms with Crippen molar-refractivity contribution in [3.63, 3.8) is 0 Å². The van der Waals surface area contributed by atoms with Crippen LogP contribution in [0.15, 0.2) is 23.0 Å². The molecule has 11 heteroatoms. The fourth-order valence-corrected chi connectivity index (χ4v) is 4.58. The Bertz CT molecular complexity index is 1320. The van der Waals surface area contributed by atoms with Crippen LogP contribution >= 0.6 is 11.6 Å². The third kappa shape index (κ3) is 3.94. The molecule has 5 rings (SSSR count). The van der Waals surface area contributed by atoms with Gasteiger partial charge in [0.05, 0.1) is 27.7 Å². The molecule has 2 aromatic heterocycles. The number of benzene rings is 1. The van der Waals surface area contributed by atoms with Gasteiger partial charge in [-0.2, -0.15) is 10.2 Å². The maximum absolute atomic E-state index is 13.8. The van der Waals surface area contributed by atoms with E-state index in [0.29, 0.717) is 51.9 Å². The molecule has 3 heterocycles. The molecule has 170 valence electrons. The summed E-state index contributed by atoms with van der Waals surface area (Å²) in [5.74, 6) is 1.26. The third-order valence-electron chi connectivity index (χ3n) is 6.11. The van der Waals surface area contributed by atoms with Gasteiger partial charge in [-0.05, 0) is 37.8 Å². The summed E-state index contributed by atoms with van der Waals surface area (Å²) in [6.07, 6.45) is 1.95. The van der Waals surface area contributed by atoms with Crippen LogP contribution in [0.2, 0.25) is 5.02 Å². The maximum atomic E-state index is 13.8. The summed E-state index contributed by atoms with van der Waals surface area (Å²) in [5.41, 5.74) is 7.05. The van der Waals surface area contributed by atoms with Crippen molar-refractivity contribution in [3.8, 4) is 6.07 Å². The summed E-state index contributed by atoms with van der Waals surface area (Å²) >= 11 is 6.42. The minimum Gasteiger partial charge on any atom is -0.368 e. The Morgan fingerprint density at radius 3 is 2.73 bits per heavy atom. The molecule has 1 saturated carbocycles. The highest BCUT2D eigenvalue weighted by Crippen LogP contribution is 2.43. The van der Waals surface area contributed by atoms with Gasteiger partial charge in [-0.3, -0.25) is 4.79 Å². The second kappa shape index (κ2) is 8.50. The van der Waals surface area contributed by atoms with Gasteiger partial charge >= 0.3 is 0 Å². The zero-order chi connectivity index (χ0) is 23.1. The molecular weight excluding hydrogens is 442 g/mol. The lowest BCUT2D eigenvalue weighted by Crippen LogP contribution is -2.54. The topological polar surface area (TPSA) is 138 Å². The van der Waals surface area contributed by atoms with Gasteiger partial charge in [0.15, 0.2) is 5.82 Å². The number of aromatic nitrogens is 4. The van der Waals surface area contributed by atoms with E-state index in [1.54, 1.807) is 29.8 Å². The lowest BCUT2D eigenvalue weighted by atomic mass is 10.1. The predicted molar refractivity (Wildman–Crippen MR) is 127 cm³/mol. The molecule has 0 amide bonds. The van der Waals surface area contributed by atoms with Crippen LogP contribution in [0.4, 0.5) is 11.8 Å². The number of halogens is 1. The number of anilines is 2. The molecule has 33 heavy (non-hydrogen) atoms. The summed E-state index contributed by atoms with van der Waals surface area (Å²) in [4.78, 5) is 27.1. The van der Waals surface area contributed by atoms with Gasteiger partial charge < -0.3 is 21.4 Å². The number of aryl methyl sites for hydroxylation is 1. The first-order valence-corrected chi connectivity index (χ1v) is 11.3. The molecule has 4 N–H and O–H groups in total. The molecule has 0 spiro atoms. The van der Waals surface area contributed by atoms with E-state index >= 15 is 0 Å². The zero-order valence-electron chi connectivity index (χ0n) is 18.2. The Balaban J connectivity index is 1.70. The second-order valence-electron chi connectivity index (χ2n) is 8.39. The van der Waals surface area contributed by atoms with Crippen molar-refractivity contribution >= 4 is 34.3 Å². The van der Waals surface area contributed by atoms with Crippen LogP contribution in [-0.2, 0) is 0 Å². The van der Waals surface area contributed by atoms with Crippen LogP contribution in [0.3, 0.4) is 0 Å². The third-order valence-corrected chi connectivity index (χ3v) is 6.42. The highest BCUT2D eigenvalue weighted by molar-refractivity contribution is 6.35. The molecule has 2 aliphatic rings. The van der Waals surface area contributed by atoms with E-state index in [2.05, 4.69) is 26.7 Å². The first-order chi connectivity index (χ1) is 16.0. The monoisotopic (exact) mass is 465 g/mol. The van der Waals surface area contributed by atoms with Crippen molar-refractivity contribution in [2.45, 2.75) is 25.8 Å². The number of nitriles is 1. The minimum absolute atomic E-state index is 0.0845. The molecule has 10 nitrogen and oxygen atoms in total. The number of nitrogens with zero attached hydrogens (tertiary/aromatic N) is 6. The SMILES string of the molecule is Cc1nc(N)nc(NC(c2nc3cccc(Cl)c3c(=O)n2N2CCNCC2)C2CC2)c1C#N. The molecular formula is C22H24ClN9O. The minimum atomic E-state index is -0.336. The fraction of sp³-hybridized carbons (Fsp3) is 0.409. The molecule has 0 bridgehead atoms. The molecule has 2 fully saturated rings. The number of fused-ring (bicyclic) bond motifs is 1. The molecule has 1 unspecified atom stereocenters. The number of nitrogen functional groups attached to an aromatic ring is 1. The van der Waals surface area contributed by atoms with Crippen LogP contribution in [-0.4, -0.2) is 45.8 Å². The molecule has 3 aromatic rings. The van der Waals surface area contributed by atoms with Crippen LogP contribution < -0.4 is 26.9 Å². The Hall–Kier alpha value is -3.42.